The highest BCUT2D eigenvalue weighted by atomic mass is 32.1. The van der Waals surface area contributed by atoms with Crippen LogP contribution in [0.25, 0.3) is 0 Å². The Balaban J connectivity index is 1.61. The molecule has 5 nitrogen and oxygen atoms in total. The Labute approximate surface area is 152 Å². The summed E-state index contributed by atoms with van der Waals surface area (Å²) < 4.78 is 0. The molecule has 1 atom stereocenters. The van der Waals surface area contributed by atoms with Gasteiger partial charge in [-0.15, -0.1) is 11.3 Å². The molecule has 25 heavy (non-hydrogen) atoms. The molecule has 2 heterocycles. The van der Waals surface area contributed by atoms with Gasteiger partial charge in [-0.1, -0.05) is 30.3 Å². The number of nitrogens with zero attached hydrogens (tertiary/aromatic N) is 1. The number of likely N-dealkylation sites (N-methyl/N-ethyl adjacent to an activating group) is 1. The van der Waals surface area contributed by atoms with Gasteiger partial charge < -0.3 is 15.5 Å². The van der Waals surface area contributed by atoms with E-state index in [4.69, 9.17) is 0 Å². The molecule has 1 aliphatic rings. The van der Waals surface area contributed by atoms with Crippen molar-refractivity contribution in [1.29, 1.82) is 0 Å². The van der Waals surface area contributed by atoms with Crippen molar-refractivity contribution in [2.24, 2.45) is 0 Å². The molecule has 6 heteroatoms. The maximum Gasteiger partial charge on any atom is 0.263 e. The number of thiophene rings is 1. The second-order valence-corrected chi connectivity index (χ2v) is 7.27. The van der Waals surface area contributed by atoms with Gasteiger partial charge >= 0.3 is 0 Å². The van der Waals surface area contributed by atoms with Gasteiger partial charge in [0.25, 0.3) is 5.91 Å². The number of likely N-dealkylation sites (tertiary alicyclic amines) is 1. The lowest BCUT2D eigenvalue weighted by Gasteiger charge is -2.15. The number of hydrogen-bond acceptors (Lipinski definition) is 4. The topological polar surface area (TPSA) is 61.4 Å². The van der Waals surface area contributed by atoms with Gasteiger partial charge in [0.1, 0.15) is 0 Å². The fourth-order valence-corrected chi connectivity index (χ4v) is 3.86. The van der Waals surface area contributed by atoms with Crippen LogP contribution in [0.2, 0.25) is 0 Å². The standard InChI is InChI=1S/C19H23N3O2S/c1-20-15(13-14-7-3-2-4-8-14)18(23)21-17-10-9-16(25-17)19(24)22-11-5-6-12-22/h2-4,7-10,15,20H,5-6,11-13H2,1H3,(H,21,23)/t15-/m1/s1. The first-order chi connectivity index (χ1) is 12.2. The van der Waals surface area contributed by atoms with Crippen LogP contribution in [0.3, 0.4) is 0 Å². The lowest BCUT2D eigenvalue weighted by Crippen LogP contribution is -2.39. The lowest BCUT2D eigenvalue weighted by atomic mass is 10.1. The smallest absolute Gasteiger partial charge is 0.263 e. The van der Waals surface area contributed by atoms with E-state index in [0.717, 1.165) is 31.5 Å². The average Bonchev–Trinajstić information content (AvgIpc) is 3.32. The zero-order valence-electron chi connectivity index (χ0n) is 14.3. The molecule has 2 amide bonds. The summed E-state index contributed by atoms with van der Waals surface area (Å²) in [6, 6.07) is 13.2. The van der Waals surface area contributed by atoms with Gasteiger partial charge in [0.05, 0.1) is 15.9 Å². The summed E-state index contributed by atoms with van der Waals surface area (Å²) in [4.78, 5) is 27.5. The van der Waals surface area contributed by atoms with Crippen LogP contribution in [-0.2, 0) is 11.2 Å². The molecule has 2 N–H and O–H groups in total. The lowest BCUT2D eigenvalue weighted by molar-refractivity contribution is -0.118. The SMILES string of the molecule is CN[C@H](Cc1ccccc1)C(=O)Nc1ccc(C(=O)N2CCCC2)s1. The molecule has 0 spiro atoms. The zero-order valence-corrected chi connectivity index (χ0v) is 15.1. The van der Waals surface area contributed by atoms with E-state index in [-0.39, 0.29) is 17.9 Å². The van der Waals surface area contributed by atoms with Crippen LogP contribution in [0.15, 0.2) is 42.5 Å². The molecule has 0 saturated carbocycles. The van der Waals surface area contributed by atoms with Crippen LogP contribution in [0.4, 0.5) is 5.00 Å². The molecule has 1 aromatic heterocycles. The van der Waals surface area contributed by atoms with Crippen LogP contribution < -0.4 is 10.6 Å². The Morgan fingerprint density at radius 1 is 1.12 bits per heavy atom. The van der Waals surface area contributed by atoms with E-state index in [9.17, 15) is 9.59 Å². The molecule has 0 radical (unpaired) electrons. The van der Waals surface area contributed by atoms with Crippen LogP contribution in [-0.4, -0.2) is 42.9 Å². The van der Waals surface area contributed by atoms with Crippen molar-refractivity contribution >= 4 is 28.2 Å². The van der Waals surface area contributed by atoms with Crippen molar-refractivity contribution in [2.75, 3.05) is 25.5 Å². The monoisotopic (exact) mass is 357 g/mol. The summed E-state index contributed by atoms with van der Waals surface area (Å²) in [6.45, 7) is 1.66. The molecule has 1 saturated heterocycles. The summed E-state index contributed by atoms with van der Waals surface area (Å²) in [5.74, 6) is -0.0224. The Morgan fingerprint density at radius 2 is 1.84 bits per heavy atom. The van der Waals surface area contributed by atoms with Gasteiger partial charge in [-0.2, -0.15) is 0 Å². The average molecular weight is 357 g/mol. The van der Waals surface area contributed by atoms with Gasteiger partial charge in [0, 0.05) is 13.1 Å². The number of nitrogens with one attached hydrogen (secondary N) is 2. The number of anilines is 1. The molecule has 0 unspecified atom stereocenters. The predicted octanol–water partition coefficient (Wildman–Crippen LogP) is 2.75. The van der Waals surface area contributed by atoms with E-state index in [2.05, 4.69) is 10.6 Å². The highest BCUT2D eigenvalue weighted by Crippen LogP contribution is 2.25. The largest absolute Gasteiger partial charge is 0.338 e. The van der Waals surface area contributed by atoms with Crippen molar-refractivity contribution in [2.45, 2.75) is 25.3 Å². The van der Waals surface area contributed by atoms with Crippen molar-refractivity contribution in [3.05, 3.63) is 52.9 Å². The third-order valence-corrected chi connectivity index (χ3v) is 5.39. The van der Waals surface area contributed by atoms with E-state index >= 15 is 0 Å². The highest BCUT2D eigenvalue weighted by molar-refractivity contribution is 7.18. The number of carbonyl (C=O) groups is 2. The van der Waals surface area contributed by atoms with E-state index in [1.54, 1.807) is 19.2 Å². The molecule has 1 aliphatic heterocycles. The Hall–Kier alpha value is -2.18. The molecule has 1 aromatic carbocycles. The van der Waals surface area contributed by atoms with Crippen LogP contribution in [0.5, 0.6) is 0 Å². The molecule has 3 rings (SSSR count). The summed E-state index contributed by atoms with van der Waals surface area (Å²) >= 11 is 1.34. The number of carbonyl (C=O) groups excluding carboxylic acids is 2. The fourth-order valence-electron chi connectivity index (χ4n) is 2.98. The van der Waals surface area contributed by atoms with Gasteiger partial charge in [-0.05, 0) is 44.0 Å². The number of benzene rings is 1. The first kappa shape index (κ1) is 17.6. The Bertz CT molecular complexity index is 723. The first-order valence-corrected chi connectivity index (χ1v) is 9.40. The third-order valence-electron chi connectivity index (χ3n) is 4.40. The van der Waals surface area contributed by atoms with Crippen LogP contribution in [0, 0.1) is 0 Å². The second kappa shape index (κ2) is 8.27. The number of amides is 2. The minimum Gasteiger partial charge on any atom is -0.338 e. The van der Waals surface area contributed by atoms with Gasteiger partial charge in [-0.25, -0.2) is 0 Å². The summed E-state index contributed by atoms with van der Waals surface area (Å²) in [5.41, 5.74) is 1.10. The van der Waals surface area contributed by atoms with Crippen LogP contribution in [0.1, 0.15) is 28.1 Å². The van der Waals surface area contributed by atoms with E-state index in [1.165, 1.54) is 11.3 Å². The van der Waals surface area contributed by atoms with E-state index in [1.807, 2.05) is 35.2 Å². The maximum absolute atomic E-state index is 12.5. The molecule has 0 aliphatic carbocycles. The molecular weight excluding hydrogens is 334 g/mol. The first-order valence-electron chi connectivity index (χ1n) is 8.58. The molecule has 132 valence electrons. The third kappa shape index (κ3) is 4.46. The molecule has 0 bridgehead atoms. The Morgan fingerprint density at radius 3 is 2.52 bits per heavy atom. The van der Waals surface area contributed by atoms with Crippen molar-refractivity contribution in [3.8, 4) is 0 Å². The summed E-state index contributed by atoms with van der Waals surface area (Å²) in [7, 11) is 1.78. The zero-order chi connectivity index (χ0) is 17.6. The molecule has 2 aromatic rings. The normalized spacial score (nSPS) is 15.2. The predicted molar refractivity (Wildman–Crippen MR) is 101 cm³/mol. The second-order valence-electron chi connectivity index (χ2n) is 6.18. The maximum atomic E-state index is 12.5. The van der Waals surface area contributed by atoms with E-state index < -0.39 is 0 Å². The molecule has 1 fully saturated rings. The van der Waals surface area contributed by atoms with Crippen LogP contribution >= 0.6 is 11.3 Å². The van der Waals surface area contributed by atoms with Crippen molar-refractivity contribution < 1.29 is 9.59 Å². The summed E-state index contributed by atoms with van der Waals surface area (Å²) in [5, 5.41) is 6.70. The number of hydrogen-bond donors (Lipinski definition) is 2. The summed E-state index contributed by atoms with van der Waals surface area (Å²) in [6.07, 6.45) is 2.77. The molecular formula is C19H23N3O2S. The van der Waals surface area contributed by atoms with Gasteiger partial charge in [0.2, 0.25) is 5.91 Å². The fraction of sp³-hybridized carbons (Fsp3) is 0.368. The quantitative estimate of drug-likeness (QED) is 0.836. The van der Waals surface area contributed by atoms with Crippen molar-refractivity contribution in [1.82, 2.24) is 10.2 Å². The van der Waals surface area contributed by atoms with Gasteiger partial charge in [0.15, 0.2) is 0 Å². The van der Waals surface area contributed by atoms with E-state index in [0.29, 0.717) is 16.3 Å². The minimum atomic E-state index is -0.317. The van der Waals surface area contributed by atoms with Gasteiger partial charge in [-0.3, -0.25) is 9.59 Å². The highest BCUT2D eigenvalue weighted by Gasteiger charge is 2.22. The number of rotatable bonds is 6. The Kier molecular flexibility index (Phi) is 5.83. The minimum absolute atomic E-state index is 0.0671. The van der Waals surface area contributed by atoms with Crippen molar-refractivity contribution in [3.63, 3.8) is 0 Å².